The maximum atomic E-state index is 14.6. The number of ether oxygens (including phenoxy) is 1. The molecule has 4 aliphatic rings. The predicted molar refractivity (Wildman–Crippen MR) is 184 cm³/mol. The van der Waals surface area contributed by atoms with E-state index in [-0.39, 0.29) is 30.7 Å². The van der Waals surface area contributed by atoms with Gasteiger partial charge in [0.25, 0.3) is 5.91 Å². The Morgan fingerprint density at radius 3 is 2.24 bits per heavy atom. The number of nitrogens with two attached hydrogens (primary N) is 1. The van der Waals surface area contributed by atoms with E-state index in [9.17, 15) is 24.0 Å². The van der Waals surface area contributed by atoms with E-state index in [0.29, 0.717) is 25.0 Å². The third-order valence-corrected chi connectivity index (χ3v) is 10.6. The molecule has 1 saturated heterocycles. The first-order chi connectivity index (χ1) is 23.1. The van der Waals surface area contributed by atoms with Crippen molar-refractivity contribution in [1.82, 2.24) is 15.5 Å². The van der Waals surface area contributed by atoms with Gasteiger partial charge in [-0.05, 0) is 73.6 Å². The van der Waals surface area contributed by atoms with Gasteiger partial charge in [0.05, 0.1) is 25.4 Å². The number of ketones is 1. The van der Waals surface area contributed by atoms with Crippen molar-refractivity contribution >= 4 is 35.1 Å². The summed E-state index contributed by atoms with van der Waals surface area (Å²) in [7, 11) is 1.63. The van der Waals surface area contributed by atoms with Crippen LogP contribution in [0.3, 0.4) is 0 Å². The SMILES string of the molecule is COc1c(C)cc(C2=NO[C@]3(C2)C[C@@H](C(=O)N[C@@H](CC2CC2)C(=O)C(N)=O)N(C(=O)[C@@H](NC(=O)CC2CCCCC2)C(C)(C)C)C3)cc1C. The highest BCUT2D eigenvalue weighted by molar-refractivity contribution is 6.37. The van der Waals surface area contributed by atoms with E-state index in [2.05, 4.69) is 15.8 Å². The Labute approximate surface area is 289 Å². The van der Waals surface area contributed by atoms with E-state index in [1.807, 2.05) is 46.8 Å². The summed E-state index contributed by atoms with van der Waals surface area (Å²) < 4.78 is 5.54. The molecule has 3 fully saturated rings. The van der Waals surface area contributed by atoms with Gasteiger partial charge in [0.2, 0.25) is 23.5 Å². The number of nitrogens with zero attached hydrogens (tertiary/aromatic N) is 2. The molecule has 268 valence electrons. The number of carbonyl (C=O) groups excluding carboxylic acids is 5. The molecule has 4 N–H and O–H groups in total. The molecule has 1 spiro atoms. The molecule has 12 nitrogen and oxygen atoms in total. The molecule has 0 aromatic heterocycles. The minimum absolute atomic E-state index is 0.0488. The van der Waals surface area contributed by atoms with Crippen LogP contribution in [-0.4, -0.2) is 77.4 Å². The Balaban J connectivity index is 1.41. The first-order valence-corrected chi connectivity index (χ1v) is 17.8. The molecule has 4 amide bonds. The predicted octanol–water partition coefficient (Wildman–Crippen LogP) is 3.62. The summed E-state index contributed by atoms with van der Waals surface area (Å²) in [5, 5.41) is 10.3. The van der Waals surface area contributed by atoms with Crippen LogP contribution in [0, 0.1) is 31.1 Å². The van der Waals surface area contributed by atoms with Crippen molar-refractivity contribution in [2.45, 2.75) is 129 Å². The third-order valence-electron chi connectivity index (χ3n) is 10.6. The lowest BCUT2D eigenvalue weighted by molar-refractivity contribution is -0.145. The third kappa shape index (κ3) is 8.44. The number of amides is 4. The first-order valence-electron chi connectivity index (χ1n) is 17.8. The maximum absolute atomic E-state index is 14.6. The Morgan fingerprint density at radius 1 is 1.02 bits per heavy atom. The van der Waals surface area contributed by atoms with Gasteiger partial charge in [-0.25, -0.2) is 0 Å². The van der Waals surface area contributed by atoms with Crippen molar-refractivity contribution < 1.29 is 33.5 Å². The number of primary amides is 1. The van der Waals surface area contributed by atoms with Crippen molar-refractivity contribution in [2.75, 3.05) is 13.7 Å². The lowest BCUT2D eigenvalue weighted by Gasteiger charge is -2.36. The number of benzene rings is 1. The number of Topliss-reactive ketones (excluding diaryl/α,β-unsaturated/α-hetero) is 1. The highest BCUT2D eigenvalue weighted by atomic mass is 16.7. The highest BCUT2D eigenvalue weighted by Crippen LogP contribution is 2.41. The second-order valence-corrected chi connectivity index (χ2v) is 15.9. The molecule has 4 atom stereocenters. The van der Waals surface area contributed by atoms with Gasteiger partial charge in [0, 0.05) is 24.8 Å². The second kappa shape index (κ2) is 14.5. The molecular weight excluding hydrogens is 626 g/mol. The molecule has 49 heavy (non-hydrogen) atoms. The molecule has 1 aromatic carbocycles. The number of carbonyl (C=O) groups is 5. The van der Waals surface area contributed by atoms with E-state index in [1.54, 1.807) is 7.11 Å². The molecule has 2 heterocycles. The fourth-order valence-corrected chi connectivity index (χ4v) is 7.77. The van der Waals surface area contributed by atoms with Crippen molar-refractivity contribution in [1.29, 1.82) is 0 Å². The highest BCUT2D eigenvalue weighted by Gasteiger charge is 2.56. The van der Waals surface area contributed by atoms with Gasteiger partial charge in [0.1, 0.15) is 17.8 Å². The van der Waals surface area contributed by atoms with E-state index < -0.39 is 52.6 Å². The zero-order valence-electron chi connectivity index (χ0n) is 29.9. The Kier molecular flexibility index (Phi) is 10.7. The van der Waals surface area contributed by atoms with Crippen LogP contribution in [0.15, 0.2) is 17.3 Å². The minimum atomic E-state index is -1.11. The molecule has 12 heteroatoms. The zero-order valence-corrected chi connectivity index (χ0v) is 29.9. The second-order valence-electron chi connectivity index (χ2n) is 15.9. The molecule has 0 unspecified atom stereocenters. The molecule has 2 saturated carbocycles. The van der Waals surface area contributed by atoms with Crippen LogP contribution < -0.4 is 21.1 Å². The van der Waals surface area contributed by atoms with E-state index in [4.69, 9.17) is 15.3 Å². The number of rotatable bonds is 12. The Bertz CT molecular complexity index is 1480. The smallest absolute Gasteiger partial charge is 0.287 e. The van der Waals surface area contributed by atoms with Gasteiger partial charge in [-0.15, -0.1) is 0 Å². The summed E-state index contributed by atoms with van der Waals surface area (Å²) in [4.78, 5) is 74.3. The number of methoxy groups -OCH3 is 1. The Hall–Kier alpha value is -3.96. The number of nitrogens with one attached hydrogen (secondary N) is 2. The number of likely N-dealkylation sites (tertiary alicyclic amines) is 1. The van der Waals surface area contributed by atoms with Gasteiger partial charge >= 0.3 is 0 Å². The molecule has 1 aromatic rings. The lowest BCUT2D eigenvalue weighted by atomic mass is 9.84. The van der Waals surface area contributed by atoms with Crippen LogP contribution in [-0.2, 0) is 28.8 Å². The summed E-state index contributed by atoms with van der Waals surface area (Å²) in [5.74, 6) is -1.83. The van der Waals surface area contributed by atoms with Gasteiger partial charge in [0.15, 0.2) is 5.60 Å². The number of aryl methyl sites for hydroxylation is 2. The molecule has 0 bridgehead atoms. The van der Waals surface area contributed by atoms with Gasteiger partial charge < -0.3 is 30.8 Å². The van der Waals surface area contributed by atoms with Gasteiger partial charge in [-0.2, -0.15) is 0 Å². The number of hydrogen-bond acceptors (Lipinski definition) is 8. The van der Waals surface area contributed by atoms with E-state index in [0.717, 1.165) is 61.0 Å². The zero-order chi connectivity index (χ0) is 35.7. The normalized spacial score (nSPS) is 23.8. The standard InChI is InChI=1S/C37H53N5O7/c1-21-14-25(15-22(2)31(21)48-6)27-18-37(49-41-27)19-28(34(46)39-26(16-24-12-13-24)30(44)33(38)45)42(20-37)35(47)32(36(3,4)5)40-29(43)17-23-10-8-7-9-11-23/h14-15,23-24,26,28,32H,7-13,16-20H2,1-6H3,(H2,38,45)(H,39,46)(H,40,43)/t26-,28-,32+,37+/m0/s1. The topological polar surface area (TPSA) is 169 Å². The van der Waals surface area contributed by atoms with Crippen LogP contribution in [0.5, 0.6) is 5.75 Å². The van der Waals surface area contributed by atoms with Crippen LogP contribution >= 0.6 is 0 Å². The van der Waals surface area contributed by atoms with Crippen LogP contribution in [0.4, 0.5) is 0 Å². The van der Waals surface area contributed by atoms with Gasteiger partial charge in [-0.1, -0.05) is 58.0 Å². The van der Waals surface area contributed by atoms with Gasteiger partial charge in [-0.3, -0.25) is 24.0 Å². The molecular formula is C37H53N5O7. The fourth-order valence-electron chi connectivity index (χ4n) is 7.77. The monoisotopic (exact) mass is 679 g/mol. The van der Waals surface area contributed by atoms with E-state index >= 15 is 0 Å². The van der Waals surface area contributed by atoms with E-state index in [1.165, 1.54) is 11.3 Å². The number of oxime groups is 1. The summed E-state index contributed by atoms with van der Waals surface area (Å²) >= 11 is 0. The maximum Gasteiger partial charge on any atom is 0.287 e. The molecule has 0 radical (unpaired) electrons. The minimum Gasteiger partial charge on any atom is -0.496 e. The summed E-state index contributed by atoms with van der Waals surface area (Å²) in [6, 6.07) is 0.914. The van der Waals surface area contributed by atoms with Crippen LogP contribution in [0.2, 0.25) is 0 Å². The molecule has 2 aliphatic carbocycles. The average molecular weight is 680 g/mol. The van der Waals surface area contributed by atoms with Crippen molar-refractivity contribution in [3.05, 3.63) is 28.8 Å². The number of hydrogen-bond donors (Lipinski definition) is 3. The summed E-state index contributed by atoms with van der Waals surface area (Å²) in [5.41, 5.74) is 7.10. The fraction of sp³-hybridized carbons (Fsp3) is 0.676. The lowest BCUT2D eigenvalue weighted by Crippen LogP contribution is -2.59. The summed E-state index contributed by atoms with van der Waals surface area (Å²) in [6.45, 7) is 9.62. The van der Waals surface area contributed by atoms with Crippen molar-refractivity contribution in [3.63, 3.8) is 0 Å². The average Bonchev–Trinajstić information content (AvgIpc) is 3.64. The van der Waals surface area contributed by atoms with Crippen molar-refractivity contribution in [2.24, 2.45) is 28.1 Å². The quantitative estimate of drug-likeness (QED) is 0.284. The molecule has 2 aliphatic heterocycles. The van der Waals surface area contributed by atoms with Crippen LogP contribution in [0.25, 0.3) is 0 Å². The molecule has 5 rings (SSSR count). The Morgan fingerprint density at radius 2 is 1.67 bits per heavy atom. The first kappa shape index (κ1) is 36.3. The van der Waals surface area contributed by atoms with Crippen LogP contribution in [0.1, 0.15) is 108 Å². The summed E-state index contributed by atoms with van der Waals surface area (Å²) in [6.07, 6.45) is 8.30. The van der Waals surface area contributed by atoms with Crippen molar-refractivity contribution in [3.8, 4) is 5.75 Å². The largest absolute Gasteiger partial charge is 0.496 e.